The van der Waals surface area contributed by atoms with Gasteiger partial charge in [0.25, 0.3) is 0 Å². The summed E-state index contributed by atoms with van der Waals surface area (Å²) in [6, 6.07) is 16.4. The van der Waals surface area contributed by atoms with Crippen LogP contribution in [-0.2, 0) is 14.3 Å². The molecule has 2 aromatic carbocycles. The van der Waals surface area contributed by atoms with E-state index in [2.05, 4.69) is 34.5 Å². The number of rotatable bonds is 7. The first-order chi connectivity index (χ1) is 17.0. The highest BCUT2D eigenvalue weighted by Crippen LogP contribution is 2.44. The number of piperazine rings is 1. The van der Waals surface area contributed by atoms with Crippen molar-refractivity contribution in [2.24, 2.45) is 0 Å². The van der Waals surface area contributed by atoms with Gasteiger partial charge in [-0.05, 0) is 41.5 Å². The second-order valence-electron chi connectivity index (χ2n) is 9.66. The van der Waals surface area contributed by atoms with Crippen LogP contribution in [0.1, 0.15) is 42.7 Å². The molecule has 5 rings (SSSR count). The quantitative estimate of drug-likeness (QED) is 0.636. The van der Waals surface area contributed by atoms with Crippen molar-refractivity contribution in [2.45, 2.75) is 37.1 Å². The van der Waals surface area contributed by atoms with E-state index < -0.39 is 17.6 Å². The van der Waals surface area contributed by atoms with Crippen LogP contribution >= 0.6 is 0 Å². The average Bonchev–Trinajstić information content (AvgIpc) is 3.17. The number of fused-ring (bicyclic) bond motifs is 3. The number of amides is 2. The molecule has 3 aliphatic rings. The summed E-state index contributed by atoms with van der Waals surface area (Å²) in [5, 5.41) is 11.8. The first kappa shape index (κ1) is 23.4. The van der Waals surface area contributed by atoms with E-state index in [1.54, 1.807) is 4.90 Å². The van der Waals surface area contributed by atoms with Gasteiger partial charge in [-0.15, -0.1) is 0 Å². The Hall–Kier alpha value is -3.39. The van der Waals surface area contributed by atoms with Crippen LogP contribution in [0.5, 0.6) is 0 Å². The Kier molecular flexibility index (Phi) is 6.47. The fourth-order valence-corrected chi connectivity index (χ4v) is 5.48. The van der Waals surface area contributed by atoms with E-state index in [1.165, 1.54) is 11.1 Å². The van der Waals surface area contributed by atoms with Gasteiger partial charge in [-0.25, -0.2) is 4.79 Å². The standard InChI is InChI=1S/C27H31N3O5/c31-24(32)10-13-29-14-16-30(17-15-29)25(33)27(11-5-12-27)28-26(34)35-18-23-21-8-3-1-6-19(21)20-7-2-4-9-22(20)23/h1-4,6-9,23H,5,10-18H2,(H,28,34)(H,31,32). The summed E-state index contributed by atoms with van der Waals surface area (Å²) in [7, 11) is 0. The number of aliphatic carboxylic acids is 1. The highest BCUT2D eigenvalue weighted by molar-refractivity contribution is 5.91. The van der Waals surface area contributed by atoms with Crippen LogP contribution in [0, 0.1) is 0 Å². The summed E-state index contributed by atoms with van der Waals surface area (Å²) < 4.78 is 5.70. The molecule has 0 unspecified atom stereocenters. The molecule has 0 spiro atoms. The van der Waals surface area contributed by atoms with Crippen molar-refractivity contribution in [1.29, 1.82) is 0 Å². The van der Waals surface area contributed by atoms with Crippen molar-refractivity contribution in [3.63, 3.8) is 0 Å². The molecule has 35 heavy (non-hydrogen) atoms. The molecule has 2 amide bonds. The number of alkyl carbamates (subject to hydrolysis) is 1. The van der Waals surface area contributed by atoms with Crippen molar-refractivity contribution in [1.82, 2.24) is 15.1 Å². The molecule has 184 valence electrons. The summed E-state index contributed by atoms with van der Waals surface area (Å²) in [6.07, 6.45) is 1.64. The molecule has 2 aromatic rings. The van der Waals surface area contributed by atoms with Gasteiger partial charge in [0, 0.05) is 38.6 Å². The summed E-state index contributed by atoms with van der Waals surface area (Å²) in [6.45, 7) is 3.05. The molecular weight excluding hydrogens is 446 g/mol. The van der Waals surface area contributed by atoms with E-state index in [-0.39, 0.29) is 24.9 Å². The number of hydrogen-bond donors (Lipinski definition) is 2. The molecule has 0 radical (unpaired) electrons. The smallest absolute Gasteiger partial charge is 0.408 e. The van der Waals surface area contributed by atoms with Gasteiger partial charge in [-0.1, -0.05) is 48.5 Å². The zero-order valence-electron chi connectivity index (χ0n) is 19.7. The zero-order chi connectivity index (χ0) is 24.4. The Bertz CT molecular complexity index is 1080. The number of ether oxygens (including phenoxy) is 1. The first-order valence-electron chi connectivity index (χ1n) is 12.3. The molecular formula is C27H31N3O5. The second-order valence-corrected chi connectivity index (χ2v) is 9.66. The number of carbonyl (C=O) groups excluding carboxylic acids is 2. The van der Waals surface area contributed by atoms with Gasteiger partial charge in [0.05, 0.1) is 6.42 Å². The van der Waals surface area contributed by atoms with Crippen molar-refractivity contribution in [3.05, 3.63) is 59.7 Å². The van der Waals surface area contributed by atoms with Crippen molar-refractivity contribution >= 4 is 18.0 Å². The summed E-state index contributed by atoms with van der Waals surface area (Å²) in [4.78, 5) is 40.9. The molecule has 1 saturated heterocycles. The van der Waals surface area contributed by atoms with Crippen molar-refractivity contribution in [2.75, 3.05) is 39.3 Å². The Morgan fingerprint density at radius 2 is 1.54 bits per heavy atom. The molecule has 2 N–H and O–H groups in total. The predicted molar refractivity (Wildman–Crippen MR) is 130 cm³/mol. The van der Waals surface area contributed by atoms with Crippen LogP contribution in [0.15, 0.2) is 48.5 Å². The SMILES string of the molecule is O=C(O)CCN1CCN(C(=O)C2(NC(=O)OCC3c4ccccc4-c4ccccc43)CCC2)CC1. The lowest BCUT2D eigenvalue weighted by molar-refractivity contribution is -0.144. The van der Waals surface area contributed by atoms with E-state index in [9.17, 15) is 14.4 Å². The molecule has 1 heterocycles. The number of benzene rings is 2. The number of carbonyl (C=O) groups is 3. The number of carboxylic acid groups (broad SMARTS) is 1. The fourth-order valence-electron chi connectivity index (χ4n) is 5.48. The van der Waals surface area contributed by atoms with E-state index in [4.69, 9.17) is 9.84 Å². The zero-order valence-corrected chi connectivity index (χ0v) is 19.7. The van der Waals surface area contributed by atoms with Crippen LogP contribution in [0.25, 0.3) is 11.1 Å². The second kappa shape index (κ2) is 9.70. The molecule has 0 atom stereocenters. The minimum atomic E-state index is -0.897. The number of nitrogens with one attached hydrogen (secondary N) is 1. The van der Waals surface area contributed by atoms with E-state index >= 15 is 0 Å². The fraction of sp³-hybridized carbons (Fsp3) is 0.444. The third-order valence-corrected chi connectivity index (χ3v) is 7.60. The topological polar surface area (TPSA) is 99.2 Å². The van der Waals surface area contributed by atoms with E-state index in [0.717, 1.165) is 17.5 Å². The van der Waals surface area contributed by atoms with Crippen LogP contribution in [0.3, 0.4) is 0 Å². The van der Waals surface area contributed by atoms with Gasteiger partial charge in [0.2, 0.25) is 5.91 Å². The lowest BCUT2D eigenvalue weighted by atomic mass is 9.75. The van der Waals surface area contributed by atoms with Crippen LogP contribution in [0.4, 0.5) is 4.79 Å². The van der Waals surface area contributed by atoms with E-state index in [1.807, 2.05) is 24.3 Å². The maximum absolute atomic E-state index is 13.3. The predicted octanol–water partition coefficient (Wildman–Crippen LogP) is 3.07. The van der Waals surface area contributed by atoms with Gasteiger partial charge in [0.15, 0.2) is 0 Å². The number of carboxylic acids is 1. The largest absolute Gasteiger partial charge is 0.481 e. The molecule has 1 aliphatic heterocycles. The molecule has 1 saturated carbocycles. The summed E-state index contributed by atoms with van der Waals surface area (Å²) in [5.41, 5.74) is 3.75. The Morgan fingerprint density at radius 3 is 2.09 bits per heavy atom. The molecule has 2 fully saturated rings. The average molecular weight is 478 g/mol. The van der Waals surface area contributed by atoms with Crippen molar-refractivity contribution < 1.29 is 24.2 Å². The molecule has 2 aliphatic carbocycles. The lowest BCUT2D eigenvalue weighted by Crippen LogP contribution is -2.65. The van der Waals surface area contributed by atoms with E-state index in [0.29, 0.717) is 45.6 Å². The normalized spacial score (nSPS) is 18.8. The third-order valence-electron chi connectivity index (χ3n) is 7.60. The number of hydrogen-bond acceptors (Lipinski definition) is 5. The van der Waals surface area contributed by atoms with Crippen LogP contribution in [0.2, 0.25) is 0 Å². The molecule has 8 nitrogen and oxygen atoms in total. The highest BCUT2D eigenvalue weighted by Gasteiger charge is 2.48. The minimum Gasteiger partial charge on any atom is -0.481 e. The van der Waals surface area contributed by atoms with Gasteiger partial charge in [-0.2, -0.15) is 0 Å². The maximum atomic E-state index is 13.3. The number of nitrogens with zero attached hydrogens (tertiary/aromatic N) is 2. The Balaban J connectivity index is 1.18. The summed E-state index contributed by atoms with van der Waals surface area (Å²) in [5.74, 6) is -0.903. The molecule has 0 bridgehead atoms. The van der Waals surface area contributed by atoms with Crippen LogP contribution < -0.4 is 5.32 Å². The van der Waals surface area contributed by atoms with Gasteiger partial charge < -0.3 is 20.1 Å². The highest BCUT2D eigenvalue weighted by atomic mass is 16.5. The molecule has 8 heteroatoms. The summed E-state index contributed by atoms with van der Waals surface area (Å²) >= 11 is 0. The lowest BCUT2D eigenvalue weighted by Gasteiger charge is -2.45. The van der Waals surface area contributed by atoms with Gasteiger partial charge >= 0.3 is 12.1 Å². The Labute approximate surface area is 204 Å². The third kappa shape index (κ3) is 4.62. The van der Waals surface area contributed by atoms with Gasteiger partial charge in [-0.3, -0.25) is 14.5 Å². The monoisotopic (exact) mass is 477 g/mol. The Morgan fingerprint density at radius 1 is 0.943 bits per heavy atom. The van der Waals surface area contributed by atoms with Crippen LogP contribution in [-0.4, -0.2) is 77.7 Å². The molecule has 0 aromatic heterocycles. The minimum absolute atomic E-state index is 0.0277. The van der Waals surface area contributed by atoms with Crippen molar-refractivity contribution in [3.8, 4) is 11.1 Å². The maximum Gasteiger partial charge on any atom is 0.408 e. The first-order valence-corrected chi connectivity index (χ1v) is 12.3. The van der Waals surface area contributed by atoms with Gasteiger partial charge in [0.1, 0.15) is 12.1 Å².